The highest BCUT2D eigenvalue weighted by molar-refractivity contribution is 7.89. The van der Waals surface area contributed by atoms with Gasteiger partial charge in [0.1, 0.15) is 11.6 Å². The van der Waals surface area contributed by atoms with Gasteiger partial charge in [-0.2, -0.15) is 0 Å². The van der Waals surface area contributed by atoms with E-state index >= 15 is 0 Å². The SMILES string of the molecule is COc1ccccc1CNS(=O)(=O)c1ccc(F)c(C(=O)Nc2ccc(Cl)cc2Cl)c1. The zero-order valence-corrected chi connectivity index (χ0v) is 18.5. The second kappa shape index (κ2) is 9.65. The zero-order valence-electron chi connectivity index (χ0n) is 16.2. The molecule has 31 heavy (non-hydrogen) atoms. The Hall–Kier alpha value is -2.65. The first-order valence-corrected chi connectivity index (χ1v) is 11.1. The monoisotopic (exact) mass is 482 g/mol. The third-order valence-electron chi connectivity index (χ3n) is 4.32. The first-order chi connectivity index (χ1) is 14.7. The largest absolute Gasteiger partial charge is 0.496 e. The lowest BCUT2D eigenvalue weighted by Gasteiger charge is -2.12. The number of hydrogen-bond acceptors (Lipinski definition) is 4. The maximum atomic E-state index is 14.3. The molecule has 3 aromatic rings. The summed E-state index contributed by atoms with van der Waals surface area (Å²) in [5, 5.41) is 2.97. The van der Waals surface area contributed by atoms with Gasteiger partial charge in [-0.05, 0) is 42.5 Å². The molecule has 1 amide bonds. The molecule has 0 atom stereocenters. The van der Waals surface area contributed by atoms with E-state index in [1.165, 1.54) is 25.3 Å². The van der Waals surface area contributed by atoms with Crippen molar-refractivity contribution in [2.75, 3.05) is 12.4 Å². The average molecular weight is 483 g/mol. The van der Waals surface area contributed by atoms with Crippen molar-refractivity contribution in [3.63, 3.8) is 0 Å². The number of rotatable bonds is 7. The summed E-state index contributed by atoms with van der Waals surface area (Å²) in [5.74, 6) is -1.22. The van der Waals surface area contributed by atoms with Gasteiger partial charge in [0.2, 0.25) is 10.0 Å². The van der Waals surface area contributed by atoms with Gasteiger partial charge in [0.15, 0.2) is 0 Å². The molecular weight excluding hydrogens is 466 g/mol. The Bertz CT molecular complexity index is 1240. The first-order valence-electron chi connectivity index (χ1n) is 8.89. The van der Waals surface area contributed by atoms with Gasteiger partial charge in [0, 0.05) is 17.1 Å². The lowest BCUT2D eigenvalue weighted by atomic mass is 10.2. The fourth-order valence-electron chi connectivity index (χ4n) is 2.73. The Balaban J connectivity index is 1.82. The van der Waals surface area contributed by atoms with E-state index in [0.717, 1.165) is 18.2 Å². The van der Waals surface area contributed by atoms with E-state index in [0.29, 0.717) is 16.3 Å². The second-order valence-corrected chi connectivity index (χ2v) is 8.97. The van der Waals surface area contributed by atoms with Crippen LogP contribution in [-0.2, 0) is 16.6 Å². The number of halogens is 3. The van der Waals surface area contributed by atoms with Gasteiger partial charge >= 0.3 is 0 Å². The van der Waals surface area contributed by atoms with Crippen molar-refractivity contribution in [2.45, 2.75) is 11.4 Å². The lowest BCUT2D eigenvalue weighted by Crippen LogP contribution is -2.24. The van der Waals surface area contributed by atoms with Crippen LogP contribution in [0.4, 0.5) is 10.1 Å². The molecule has 0 aliphatic heterocycles. The number of benzene rings is 3. The molecule has 6 nitrogen and oxygen atoms in total. The third kappa shape index (κ3) is 5.54. The molecule has 0 radical (unpaired) electrons. The quantitative estimate of drug-likeness (QED) is 0.502. The van der Waals surface area contributed by atoms with Crippen LogP contribution in [-0.4, -0.2) is 21.4 Å². The molecule has 0 bridgehead atoms. The Kier molecular flexibility index (Phi) is 7.17. The van der Waals surface area contributed by atoms with Crippen molar-refractivity contribution < 1.29 is 22.3 Å². The van der Waals surface area contributed by atoms with Gasteiger partial charge < -0.3 is 10.1 Å². The number of para-hydroxylation sites is 1. The second-order valence-electron chi connectivity index (χ2n) is 6.36. The number of carbonyl (C=O) groups is 1. The van der Waals surface area contributed by atoms with Crippen LogP contribution < -0.4 is 14.8 Å². The highest BCUT2D eigenvalue weighted by Crippen LogP contribution is 2.26. The van der Waals surface area contributed by atoms with Crippen molar-refractivity contribution in [3.05, 3.63) is 87.7 Å². The van der Waals surface area contributed by atoms with E-state index in [9.17, 15) is 17.6 Å². The minimum absolute atomic E-state index is 0.0500. The normalized spacial score (nSPS) is 11.2. The van der Waals surface area contributed by atoms with E-state index in [-0.39, 0.29) is 22.2 Å². The molecule has 3 rings (SSSR count). The molecule has 0 spiro atoms. The average Bonchev–Trinajstić information content (AvgIpc) is 2.74. The van der Waals surface area contributed by atoms with Gasteiger partial charge in [0.25, 0.3) is 5.91 Å². The molecule has 0 saturated heterocycles. The van der Waals surface area contributed by atoms with Crippen molar-refractivity contribution in [3.8, 4) is 5.75 Å². The minimum Gasteiger partial charge on any atom is -0.496 e. The van der Waals surface area contributed by atoms with Gasteiger partial charge in [-0.1, -0.05) is 41.4 Å². The Morgan fingerprint density at radius 3 is 2.52 bits per heavy atom. The maximum Gasteiger partial charge on any atom is 0.258 e. The molecular formula is C21H17Cl2FN2O4S. The van der Waals surface area contributed by atoms with Crippen LogP contribution in [0.1, 0.15) is 15.9 Å². The van der Waals surface area contributed by atoms with E-state index < -0.39 is 27.3 Å². The lowest BCUT2D eigenvalue weighted by molar-refractivity contribution is 0.102. The standard InChI is InChI=1S/C21H17Cl2FN2O4S/c1-30-20-5-3-2-4-13(20)12-25-31(28,29)15-7-8-18(24)16(11-15)21(27)26-19-9-6-14(22)10-17(19)23/h2-11,25H,12H2,1H3,(H,26,27). The minimum atomic E-state index is -4.04. The first kappa shape index (κ1) is 23.0. The Morgan fingerprint density at radius 1 is 1.06 bits per heavy atom. The van der Waals surface area contributed by atoms with Crippen molar-refractivity contribution in [1.29, 1.82) is 0 Å². The summed E-state index contributed by atoms with van der Waals surface area (Å²) in [6.07, 6.45) is 0. The van der Waals surface area contributed by atoms with Crippen LogP contribution in [0.5, 0.6) is 5.75 Å². The molecule has 0 unspecified atom stereocenters. The van der Waals surface area contributed by atoms with Crippen LogP contribution in [0, 0.1) is 5.82 Å². The van der Waals surface area contributed by atoms with Crippen LogP contribution in [0.25, 0.3) is 0 Å². The fourth-order valence-corrected chi connectivity index (χ4v) is 4.22. The van der Waals surface area contributed by atoms with E-state index in [1.807, 2.05) is 0 Å². The predicted molar refractivity (Wildman–Crippen MR) is 118 cm³/mol. The van der Waals surface area contributed by atoms with Crippen molar-refractivity contribution in [1.82, 2.24) is 4.72 Å². The summed E-state index contributed by atoms with van der Waals surface area (Å²) in [5.41, 5.74) is 0.371. The molecule has 0 heterocycles. The zero-order chi connectivity index (χ0) is 22.6. The number of ether oxygens (including phenoxy) is 1. The summed E-state index contributed by atoms with van der Waals surface area (Å²) in [6, 6.07) is 14.2. The number of amides is 1. The van der Waals surface area contributed by atoms with E-state index in [2.05, 4.69) is 10.0 Å². The Morgan fingerprint density at radius 2 is 1.81 bits per heavy atom. The smallest absolute Gasteiger partial charge is 0.258 e. The number of anilines is 1. The molecule has 0 fully saturated rings. The summed E-state index contributed by atoms with van der Waals surface area (Å²) >= 11 is 11.8. The van der Waals surface area contributed by atoms with Crippen LogP contribution in [0.15, 0.2) is 65.6 Å². The van der Waals surface area contributed by atoms with Crippen LogP contribution >= 0.6 is 23.2 Å². The summed E-state index contributed by atoms with van der Waals surface area (Å²) in [6.45, 7) is -0.0500. The predicted octanol–water partition coefficient (Wildman–Crippen LogP) is 4.87. The molecule has 3 aromatic carbocycles. The Labute approximate surface area is 189 Å². The van der Waals surface area contributed by atoms with Crippen molar-refractivity contribution in [2.24, 2.45) is 0 Å². The number of carbonyl (C=O) groups excluding carboxylic acids is 1. The van der Waals surface area contributed by atoms with Gasteiger partial charge in [-0.25, -0.2) is 17.5 Å². The maximum absolute atomic E-state index is 14.3. The summed E-state index contributed by atoms with van der Waals surface area (Å²) in [4.78, 5) is 12.3. The summed E-state index contributed by atoms with van der Waals surface area (Å²) < 4.78 is 47.3. The highest BCUT2D eigenvalue weighted by atomic mass is 35.5. The molecule has 0 aromatic heterocycles. The molecule has 162 valence electrons. The summed E-state index contributed by atoms with van der Waals surface area (Å²) in [7, 11) is -2.56. The van der Waals surface area contributed by atoms with Gasteiger partial charge in [0.05, 0.1) is 28.3 Å². The number of sulfonamides is 1. The molecule has 0 aliphatic rings. The third-order valence-corrected chi connectivity index (χ3v) is 6.26. The van der Waals surface area contributed by atoms with E-state index in [4.69, 9.17) is 27.9 Å². The van der Waals surface area contributed by atoms with Crippen LogP contribution in [0.2, 0.25) is 10.0 Å². The molecule has 2 N–H and O–H groups in total. The number of methoxy groups -OCH3 is 1. The van der Waals surface area contributed by atoms with E-state index in [1.54, 1.807) is 24.3 Å². The highest BCUT2D eigenvalue weighted by Gasteiger charge is 2.20. The topological polar surface area (TPSA) is 84.5 Å². The van der Waals surface area contributed by atoms with Gasteiger partial charge in [-0.3, -0.25) is 4.79 Å². The number of nitrogens with one attached hydrogen (secondary N) is 2. The van der Waals surface area contributed by atoms with Gasteiger partial charge in [-0.15, -0.1) is 0 Å². The molecule has 10 heteroatoms. The number of hydrogen-bond donors (Lipinski definition) is 2. The molecule has 0 saturated carbocycles. The van der Waals surface area contributed by atoms with Crippen LogP contribution in [0.3, 0.4) is 0 Å². The molecule has 0 aliphatic carbocycles. The van der Waals surface area contributed by atoms with Crippen molar-refractivity contribution >= 4 is 44.8 Å². The fraction of sp³-hybridized carbons (Fsp3) is 0.0952.